The van der Waals surface area contributed by atoms with Crippen molar-refractivity contribution in [1.29, 1.82) is 0 Å². The van der Waals surface area contributed by atoms with Gasteiger partial charge in [-0.3, -0.25) is 0 Å². The maximum Gasteiger partial charge on any atom is 0.319 e. The minimum Gasteiger partial charge on any atom is -0.491 e. The Kier molecular flexibility index (Phi) is 6.47. The normalized spacial score (nSPS) is 10.4. The molecule has 0 spiro atoms. The first-order valence-electron chi connectivity index (χ1n) is 7.58. The van der Waals surface area contributed by atoms with E-state index < -0.39 is 0 Å². The number of benzene rings is 2. The number of halogens is 1. The first kappa shape index (κ1) is 17.3. The number of ether oxygens (including phenoxy) is 1. The zero-order valence-electron chi connectivity index (χ0n) is 13.3. The monoisotopic (exact) mass is 376 g/mol. The van der Waals surface area contributed by atoms with Crippen molar-refractivity contribution in [3.8, 4) is 5.75 Å². The van der Waals surface area contributed by atoms with E-state index in [2.05, 4.69) is 46.5 Å². The fraction of sp³-hybridized carbons (Fsp3) is 0.278. The summed E-state index contributed by atoms with van der Waals surface area (Å²) in [5.74, 6) is 1.28. The van der Waals surface area contributed by atoms with Gasteiger partial charge in [-0.15, -0.1) is 0 Å². The molecule has 0 aliphatic heterocycles. The molecule has 0 fully saturated rings. The van der Waals surface area contributed by atoms with Crippen LogP contribution in [-0.2, 0) is 0 Å². The van der Waals surface area contributed by atoms with Gasteiger partial charge in [-0.25, -0.2) is 4.79 Å². The van der Waals surface area contributed by atoms with Gasteiger partial charge in [0.15, 0.2) is 0 Å². The lowest BCUT2D eigenvalue weighted by atomic mass is 10.0. The van der Waals surface area contributed by atoms with E-state index in [-0.39, 0.29) is 6.03 Å². The highest BCUT2D eigenvalue weighted by Gasteiger charge is 2.07. The van der Waals surface area contributed by atoms with Gasteiger partial charge in [-0.2, -0.15) is 0 Å². The number of nitrogens with one attached hydrogen (secondary N) is 2. The number of rotatable bonds is 6. The molecule has 4 nitrogen and oxygen atoms in total. The molecule has 0 aliphatic rings. The Bertz CT molecular complexity index is 642. The molecular weight excluding hydrogens is 356 g/mol. The molecule has 23 heavy (non-hydrogen) atoms. The zero-order chi connectivity index (χ0) is 16.7. The minimum absolute atomic E-state index is 0.243. The number of carbonyl (C=O) groups is 1. The van der Waals surface area contributed by atoms with Crippen molar-refractivity contribution in [2.75, 3.05) is 18.5 Å². The highest BCUT2D eigenvalue weighted by molar-refractivity contribution is 9.10. The van der Waals surface area contributed by atoms with Crippen LogP contribution in [0.1, 0.15) is 25.3 Å². The Morgan fingerprint density at radius 2 is 1.83 bits per heavy atom. The van der Waals surface area contributed by atoms with E-state index in [1.807, 2.05) is 42.5 Å². The molecule has 0 saturated carbocycles. The van der Waals surface area contributed by atoms with Gasteiger partial charge in [0, 0.05) is 10.2 Å². The molecule has 2 aromatic rings. The van der Waals surface area contributed by atoms with Crippen LogP contribution in [0.15, 0.2) is 53.0 Å². The lowest BCUT2D eigenvalue weighted by molar-refractivity contribution is 0.247. The third-order valence-corrected chi connectivity index (χ3v) is 3.82. The van der Waals surface area contributed by atoms with Gasteiger partial charge in [0.25, 0.3) is 0 Å². The molecule has 0 aromatic heterocycles. The second-order valence-electron chi connectivity index (χ2n) is 5.43. The van der Waals surface area contributed by atoms with Crippen LogP contribution in [0.4, 0.5) is 10.5 Å². The number of carbonyl (C=O) groups excluding carboxylic acids is 1. The molecule has 0 atom stereocenters. The van der Waals surface area contributed by atoms with E-state index in [1.54, 1.807) is 0 Å². The molecule has 2 N–H and O–H groups in total. The highest BCUT2D eigenvalue weighted by atomic mass is 79.9. The largest absolute Gasteiger partial charge is 0.491 e. The first-order valence-corrected chi connectivity index (χ1v) is 8.37. The zero-order valence-corrected chi connectivity index (χ0v) is 14.9. The maximum atomic E-state index is 11.8. The third kappa shape index (κ3) is 5.60. The highest BCUT2D eigenvalue weighted by Crippen LogP contribution is 2.25. The second-order valence-corrected chi connectivity index (χ2v) is 6.34. The lowest BCUT2D eigenvalue weighted by Crippen LogP contribution is -2.32. The van der Waals surface area contributed by atoms with Crippen molar-refractivity contribution >= 4 is 27.6 Å². The van der Waals surface area contributed by atoms with E-state index in [9.17, 15) is 4.79 Å². The van der Waals surface area contributed by atoms with Crippen LogP contribution in [0, 0.1) is 0 Å². The number of amides is 2. The summed E-state index contributed by atoms with van der Waals surface area (Å²) in [7, 11) is 0. The van der Waals surface area contributed by atoms with Crippen molar-refractivity contribution in [3.63, 3.8) is 0 Å². The minimum atomic E-state index is -0.243. The van der Waals surface area contributed by atoms with Crippen LogP contribution >= 0.6 is 15.9 Å². The molecule has 2 amide bonds. The summed E-state index contributed by atoms with van der Waals surface area (Å²) in [4.78, 5) is 11.8. The van der Waals surface area contributed by atoms with Crippen molar-refractivity contribution < 1.29 is 9.53 Å². The number of hydrogen-bond donors (Lipinski definition) is 2. The van der Waals surface area contributed by atoms with Crippen LogP contribution in [0.2, 0.25) is 0 Å². The second kappa shape index (κ2) is 8.58. The average molecular weight is 377 g/mol. The van der Waals surface area contributed by atoms with Crippen molar-refractivity contribution in [2.45, 2.75) is 19.8 Å². The van der Waals surface area contributed by atoms with Crippen LogP contribution in [0.3, 0.4) is 0 Å². The van der Waals surface area contributed by atoms with Gasteiger partial charge in [-0.1, -0.05) is 48.0 Å². The Morgan fingerprint density at radius 3 is 2.52 bits per heavy atom. The van der Waals surface area contributed by atoms with Gasteiger partial charge >= 0.3 is 6.03 Å². The number of para-hydroxylation sites is 1. The molecule has 0 unspecified atom stereocenters. The summed E-state index contributed by atoms with van der Waals surface area (Å²) in [6.45, 7) is 5.13. The topological polar surface area (TPSA) is 50.4 Å². The fourth-order valence-corrected chi connectivity index (χ4v) is 2.39. The smallest absolute Gasteiger partial charge is 0.319 e. The Morgan fingerprint density at radius 1 is 1.13 bits per heavy atom. The third-order valence-electron chi connectivity index (χ3n) is 3.29. The molecule has 5 heteroatoms. The SMILES string of the molecule is CC(C)c1ccccc1OCCNC(=O)Nc1ccc(Br)cc1. The van der Waals surface area contributed by atoms with Crippen molar-refractivity contribution in [2.24, 2.45) is 0 Å². The summed E-state index contributed by atoms with van der Waals surface area (Å²) >= 11 is 3.36. The fourth-order valence-electron chi connectivity index (χ4n) is 2.12. The van der Waals surface area contributed by atoms with E-state index in [4.69, 9.17) is 4.74 Å². The molecule has 0 heterocycles. The predicted octanol–water partition coefficient (Wildman–Crippen LogP) is 4.77. The molecule has 2 rings (SSSR count). The van der Waals surface area contributed by atoms with E-state index in [0.29, 0.717) is 19.1 Å². The van der Waals surface area contributed by atoms with Crippen LogP contribution in [-0.4, -0.2) is 19.2 Å². The number of hydrogen-bond acceptors (Lipinski definition) is 2. The summed E-state index contributed by atoms with van der Waals surface area (Å²) in [6.07, 6.45) is 0. The van der Waals surface area contributed by atoms with Crippen LogP contribution in [0.25, 0.3) is 0 Å². The lowest BCUT2D eigenvalue weighted by Gasteiger charge is -2.14. The molecule has 2 aromatic carbocycles. The Hall–Kier alpha value is -2.01. The maximum absolute atomic E-state index is 11.8. The number of urea groups is 1. The van der Waals surface area contributed by atoms with E-state index >= 15 is 0 Å². The summed E-state index contributed by atoms with van der Waals surface area (Å²) in [6, 6.07) is 15.2. The standard InChI is InChI=1S/C18H21BrN2O2/c1-13(2)16-5-3-4-6-17(16)23-12-11-20-18(22)21-15-9-7-14(19)8-10-15/h3-10,13H,11-12H2,1-2H3,(H2,20,21,22). The number of anilines is 1. The van der Waals surface area contributed by atoms with Gasteiger partial charge in [0.2, 0.25) is 0 Å². The first-order chi connectivity index (χ1) is 11.1. The van der Waals surface area contributed by atoms with E-state index in [1.165, 1.54) is 5.56 Å². The van der Waals surface area contributed by atoms with Gasteiger partial charge in [-0.05, 0) is 41.8 Å². The average Bonchev–Trinajstić information content (AvgIpc) is 2.54. The van der Waals surface area contributed by atoms with Gasteiger partial charge in [0.1, 0.15) is 12.4 Å². The van der Waals surface area contributed by atoms with Crippen molar-refractivity contribution in [1.82, 2.24) is 5.32 Å². The molecule has 0 radical (unpaired) electrons. The van der Waals surface area contributed by atoms with Crippen LogP contribution in [0.5, 0.6) is 5.75 Å². The van der Waals surface area contributed by atoms with Gasteiger partial charge in [0.05, 0.1) is 6.54 Å². The summed E-state index contributed by atoms with van der Waals surface area (Å²) in [5.41, 5.74) is 1.92. The Labute approximate surface area is 145 Å². The van der Waals surface area contributed by atoms with Crippen molar-refractivity contribution in [3.05, 3.63) is 58.6 Å². The molecular formula is C18H21BrN2O2. The molecule has 0 bridgehead atoms. The van der Waals surface area contributed by atoms with Gasteiger partial charge < -0.3 is 15.4 Å². The van der Waals surface area contributed by atoms with E-state index in [0.717, 1.165) is 15.9 Å². The summed E-state index contributed by atoms with van der Waals surface area (Å²) < 4.78 is 6.74. The molecule has 0 aliphatic carbocycles. The summed E-state index contributed by atoms with van der Waals surface area (Å²) in [5, 5.41) is 5.55. The molecule has 122 valence electrons. The predicted molar refractivity (Wildman–Crippen MR) is 97.2 cm³/mol. The quantitative estimate of drug-likeness (QED) is 0.713. The Balaban J connectivity index is 1.75. The van der Waals surface area contributed by atoms with Crippen LogP contribution < -0.4 is 15.4 Å². The molecule has 0 saturated heterocycles.